The topological polar surface area (TPSA) is 27.1 Å². The number of aromatic nitrogens is 2. The van der Waals surface area contributed by atoms with Crippen LogP contribution in [-0.2, 0) is 7.05 Å². The van der Waals surface area contributed by atoms with Gasteiger partial charge in [0, 0.05) is 13.2 Å². The van der Waals surface area contributed by atoms with E-state index in [-0.39, 0.29) is 0 Å². The highest BCUT2D eigenvalue weighted by Gasteiger charge is 1.99. The maximum atomic E-state index is 4.91. The number of aryl methyl sites for hydroxylation is 1. The van der Waals surface area contributed by atoms with Crippen LogP contribution in [0.5, 0.6) is 6.01 Å². The molecule has 0 saturated heterocycles. The maximum Gasteiger partial charge on any atom is 0.296 e. The first-order chi connectivity index (χ1) is 4.24. The summed E-state index contributed by atoms with van der Waals surface area (Å²) in [7, 11) is 3.51. The van der Waals surface area contributed by atoms with Crippen LogP contribution in [-0.4, -0.2) is 16.7 Å². The molecule has 0 aliphatic rings. The fourth-order valence-electron chi connectivity index (χ4n) is 0.604. The normalized spacial score (nSPS) is 9.67. The fourth-order valence-corrected chi connectivity index (χ4v) is 1.23. The Balaban J connectivity index is 3.01. The molecule has 9 heavy (non-hydrogen) atoms. The van der Waals surface area contributed by atoms with E-state index in [4.69, 9.17) is 4.74 Å². The number of halogens is 1. The number of ether oxygens (including phenoxy) is 1. The zero-order valence-electron chi connectivity index (χ0n) is 5.26. The SMILES string of the molecule is COc1nc(I)cn1C. The Morgan fingerprint density at radius 3 is 2.67 bits per heavy atom. The smallest absolute Gasteiger partial charge is 0.296 e. The molecule has 0 atom stereocenters. The molecule has 1 rings (SSSR count). The van der Waals surface area contributed by atoms with E-state index in [1.165, 1.54) is 0 Å². The number of hydrogen-bond acceptors (Lipinski definition) is 2. The number of rotatable bonds is 1. The van der Waals surface area contributed by atoms with Crippen molar-refractivity contribution in [1.82, 2.24) is 9.55 Å². The summed E-state index contributed by atoms with van der Waals surface area (Å²) < 4.78 is 7.70. The van der Waals surface area contributed by atoms with Crippen LogP contribution in [0.3, 0.4) is 0 Å². The molecule has 3 nitrogen and oxygen atoms in total. The van der Waals surface area contributed by atoms with E-state index in [0.717, 1.165) is 3.70 Å². The van der Waals surface area contributed by atoms with Gasteiger partial charge in [0.15, 0.2) is 0 Å². The molecule has 0 fully saturated rings. The number of methoxy groups -OCH3 is 1. The molecule has 0 spiro atoms. The van der Waals surface area contributed by atoms with Crippen LogP contribution in [0.1, 0.15) is 0 Å². The Bertz CT molecular complexity index is 209. The summed E-state index contributed by atoms with van der Waals surface area (Å²) in [6.45, 7) is 0. The Kier molecular flexibility index (Phi) is 1.94. The highest BCUT2D eigenvalue weighted by molar-refractivity contribution is 14.1. The molecule has 4 heteroatoms. The second-order valence-electron chi connectivity index (χ2n) is 1.66. The molecule has 1 aromatic heterocycles. The predicted molar refractivity (Wildman–Crippen MR) is 42.5 cm³/mol. The lowest BCUT2D eigenvalue weighted by Crippen LogP contribution is -1.92. The number of hydrogen-bond donors (Lipinski definition) is 0. The van der Waals surface area contributed by atoms with Gasteiger partial charge in [0.1, 0.15) is 3.70 Å². The monoisotopic (exact) mass is 238 g/mol. The van der Waals surface area contributed by atoms with Crippen LogP contribution in [0.2, 0.25) is 0 Å². The van der Waals surface area contributed by atoms with E-state index >= 15 is 0 Å². The lowest BCUT2D eigenvalue weighted by atomic mass is 10.9. The van der Waals surface area contributed by atoms with Gasteiger partial charge < -0.3 is 9.30 Å². The van der Waals surface area contributed by atoms with Gasteiger partial charge >= 0.3 is 0 Å². The minimum absolute atomic E-state index is 0.652. The molecule has 0 aliphatic heterocycles. The van der Waals surface area contributed by atoms with Crippen LogP contribution >= 0.6 is 22.6 Å². The Labute approximate surface area is 67.2 Å². The number of nitrogens with zero attached hydrogens (tertiary/aromatic N) is 2. The molecule has 0 radical (unpaired) electrons. The average molecular weight is 238 g/mol. The second-order valence-corrected chi connectivity index (χ2v) is 2.77. The third-order valence-corrected chi connectivity index (χ3v) is 1.51. The van der Waals surface area contributed by atoms with Gasteiger partial charge in [-0.15, -0.1) is 0 Å². The largest absolute Gasteiger partial charge is 0.468 e. The molecule has 0 unspecified atom stereocenters. The van der Waals surface area contributed by atoms with Gasteiger partial charge in [-0.2, -0.15) is 4.98 Å². The van der Waals surface area contributed by atoms with Crippen LogP contribution in [0.4, 0.5) is 0 Å². The number of imidazole rings is 1. The van der Waals surface area contributed by atoms with Crippen LogP contribution in [0, 0.1) is 3.70 Å². The molecule has 0 amide bonds. The van der Waals surface area contributed by atoms with Gasteiger partial charge in [0.25, 0.3) is 6.01 Å². The summed E-state index contributed by atoms with van der Waals surface area (Å²) >= 11 is 2.14. The first-order valence-electron chi connectivity index (χ1n) is 2.47. The van der Waals surface area contributed by atoms with E-state index in [9.17, 15) is 0 Å². The first kappa shape index (κ1) is 6.85. The van der Waals surface area contributed by atoms with E-state index in [1.807, 2.05) is 17.8 Å². The highest BCUT2D eigenvalue weighted by Crippen LogP contribution is 2.09. The lowest BCUT2D eigenvalue weighted by Gasteiger charge is -1.94. The molecule has 0 N–H and O–H groups in total. The molecule has 0 aliphatic carbocycles. The molecular formula is C5H7IN2O. The quantitative estimate of drug-likeness (QED) is 0.683. The summed E-state index contributed by atoms with van der Waals surface area (Å²) in [6, 6.07) is 0.652. The Hall–Kier alpha value is -0.260. The Morgan fingerprint density at radius 2 is 2.44 bits per heavy atom. The van der Waals surface area contributed by atoms with Gasteiger partial charge in [0.05, 0.1) is 7.11 Å². The second kappa shape index (κ2) is 2.55. The van der Waals surface area contributed by atoms with Gasteiger partial charge in [-0.1, -0.05) is 0 Å². The summed E-state index contributed by atoms with van der Waals surface area (Å²) in [6.07, 6.45) is 1.90. The van der Waals surface area contributed by atoms with E-state index < -0.39 is 0 Å². The van der Waals surface area contributed by atoms with Crippen molar-refractivity contribution >= 4 is 22.6 Å². The standard InChI is InChI=1S/C5H7IN2O/c1-8-3-4(6)7-5(8)9-2/h3H,1-2H3. The minimum atomic E-state index is 0.652. The van der Waals surface area contributed by atoms with Crippen molar-refractivity contribution in [2.75, 3.05) is 7.11 Å². The van der Waals surface area contributed by atoms with Crippen molar-refractivity contribution in [3.05, 3.63) is 9.90 Å². The summed E-state index contributed by atoms with van der Waals surface area (Å²) in [5.74, 6) is 0. The maximum absolute atomic E-state index is 4.91. The van der Waals surface area contributed by atoms with Crippen LogP contribution in [0.25, 0.3) is 0 Å². The minimum Gasteiger partial charge on any atom is -0.468 e. The van der Waals surface area contributed by atoms with Crippen molar-refractivity contribution in [3.63, 3.8) is 0 Å². The fraction of sp³-hybridized carbons (Fsp3) is 0.400. The van der Waals surface area contributed by atoms with Crippen LogP contribution in [0.15, 0.2) is 6.20 Å². The van der Waals surface area contributed by atoms with Gasteiger partial charge in [-0.05, 0) is 22.6 Å². The van der Waals surface area contributed by atoms with Gasteiger partial charge in [-0.25, -0.2) is 0 Å². The van der Waals surface area contributed by atoms with E-state index in [1.54, 1.807) is 7.11 Å². The first-order valence-corrected chi connectivity index (χ1v) is 3.55. The third-order valence-electron chi connectivity index (χ3n) is 0.987. The lowest BCUT2D eigenvalue weighted by molar-refractivity contribution is 0.366. The third kappa shape index (κ3) is 1.35. The van der Waals surface area contributed by atoms with Crippen molar-refractivity contribution < 1.29 is 4.74 Å². The summed E-state index contributed by atoms with van der Waals surface area (Å²) in [5, 5.41) is 0. The molecule has 50 valence electrons. The predicted octanol–water partition coefficient (Wildman–Crippen LogP) is 1.03. The molecule has 1 heterocycles. The molecule has 0 saturated carbocycles. The van der Waals surface area contributed by atoms with Crippen molar-refractivity contribution in [2.24, 2.45) is 7.05 Å². The van der Waals surface area contributed by atoms with Crippen molar-refractivity contribution in [1.29, 1.82) is 0 Å². The Morgan fingerprint density at radius 1 is 1.78 bits per heavy atom. The molecule has 1 aromatic rings. The van der Waals surface area contributed by atoms with Crippen LogP contribution < -0.4 is 4.74 Å². The summed E-state index contributed by atoms with van der Waals surface area (Å²) in [4.78, 5) is 4.06. The summed E-state index contributed by atoms with van der Waals surface area (Å²) in [5.41, 5.74) is 0. The average Bonchev–Trinajstić information content (AvgIpc) is 2.10. The van der Waals surface area contributed by atoms with Gasteiger partial charge in [-0.3, -0.25) is 0 Å². The van der Waals surface area contributed by atoms with E-state index in [2.05, 4.69) is 27.6 Å². The molecular weight excluding hydrogens is 231 g/mol. The van der Waals surface area contributed by atoms with E-state index in [0.29, 0.717) is 6.01 Å². The highest BCUT2D eigenvalue weighted by atomic mass is 127. The van der Waals surface area contributed by atoms with Crippen molar-refractivity contribution in [2.45, 2.75) is 0 Å². The molecule has 0 aromatic carbocycles. The zero-order chi connectivity index (χ0) is 6.85. The van der Waals surface area contributed by atoms with Gasteiger partial charge in [0.2, 0.25) is 0 Å². The zero-order valence-corrected chi connectivity index (χ0v) is 7.42. The van der Waals surface area contributed by atoms with Crippen molar-refractivity contribution in [3.8, 4) is 6.01 Å². The molecule has 0 bridgehead atoms.